The summed E-state index contributed by atoms with van der Waals surface area (Å²) in [4.78, 5) is 46.2. The molecule has 0 saturated carbocycles. The number of aromatic nitrogens is 4. The van der Waals surface area contributed by atoms with Crippen molar-refractivity contribution in [3.8, 4) is 0 Å². The van der Waals surface area contributed by atoms with E-state index in [4.69, 9.17) is 15.2 Å². The Bertz CT molecular complexity index is 1070. The van der Waals surface area contributed by atoms with Gasteiger partial charge in [0.1, 0.15) is 18.2 Å². The lowest BCUT2D eigenvalue weighted by molar-refractivity contribution is -0.145. The number of H-pyrrole nitrogens is 1. The molecule has 14 heteroatoms. The van der Waals surface area contributed by atoms with Crippen LogP contribution in [0.5, 0.6) is 0 Å². The second-order valence-electron chi connectivity index (χ2n) is 7.67. The maximum absolute atomic E-state index is 13.4. The number of carbonyl (C=O) groups is 2. The van der Waals surface area contributed by atoms with Crippen molar-refractivity contribution in [3.05, 3.63) is 16.7 Å². The Morgan fingerprint density at radius 1 is 1.27 bits per heavy atom. The summed E-state index contributed by atoms with van der Waals surface area (Å²) in [6.45, 7) is 7.08. The fraction of sp³-hybridized carbons (Fsp3) is 0.632. The van der Waals surface area contributed by atoms with Gasteiger partial charge < -0.3 is 19.8 Å². The van der Waals surface area contributed by atoms with Crippen molar-refractivity contribution in [1.82, 2.24) is 29.7 Å². The number of hydrogen-bond donors (Lipinski definition) is 4. The van der Waals surface area contributed by atoms with Gasteiger partial charge in [0.15, 0.2) is 11.2 Å². The first-order valence-electron chi connectivity index (χ1n) is 10.7. The van der Waals surface area contributed by atoms with Gasteiger partial charge in [-0.3, -0.25) is 23.9 Å². The molecule has 2 aromatic heterocycles. The Morgan fingerprint density at radius 2 is 1.97 bits per heavy atom. The fourth-order valence-electron chi connectivity index (χ4n) is 2.81. The number of unbranched alkanes of at least 4 members (excludes halogenated alkanes) is 1. The largest absolute Gasteiger partial charge is 0.465 e. The lowest BCUT2D eigenvalue weighted by Gasteiger charge is -2.26. The smallest absolute Gasteiger partial charge is 0.323 e. The molecule has 2 aromatic rings. The van der Waals surface area contributed by atoms with Crippen molar-refractivity contribution in [3.63, 3.8) is 0 Å². The number of imidazole rings is 1. The molecule has 0 aromatic carbocycles. The summed E-state index contributed by atoms with van der Waals surface area (Å²) in [6, 6.07) is -1.59. The van der Waals surface area contributed by atoms with Gasteiger partial charge in [-0.25, -0.2) is 15.2 Å². The van der Waals surface area contributed by atoms with Gasteiger partial charge in [0, 0.05) is 6.54 Å². The minimum Gasteiger partial charge on any atom is -0.465 e. The van der Waals surface area contributed by atoms with Gasteiger partial charge in [0.25, 0.3) is 5.56 Å². The number of nitrogens with one attached hydrogen (secondary N) is 3. The number of hydrogen-bond acceptors (Lipinski definition) is 9. The van der Waals surface area contributed by atoms with E-state index in [2.05, 4.69) is 25.1 Å². The van der Waals surface area contributed by atoms with Crippen LogP contribution >= 0.6 is 7.44 Å². The molecule has 0 amide bonds. The lowest BCUT2D eigenvalue weighted by Crippen LogP contribution is -2.42. The van der Waals surface area contributed by atoms with Crippen LogP contribution in [-0.2, 0) is 30.2 Å². The molecule has 184 valence electrons. The molecule has 0 bridgehead atoms. The topological polar surface area (TPSA) is 183 Å². The fourth-order valence-corrected chi connectivity index (χ4v) is 4.96. The summed E-state index contributed by atoms with van der Waals surface area (Å²) in [5.74, 6) is -0.792. The lowest BCUT2D eigenvalue weighted by atomic mass is 10.3. The van der Waals surface area contributed by atoms with Crippen LogP contribution in [-0.4, -0.2) is 62.9 Å². The molecule has 0 spiro atoms. The zero-order valence-electron chi connectivity index (χ0n) is 19.3. The molecule has 0 saturated heterocycles. The number of ketones is 1. The van der Waals surface area contributed by atoms with Crippen molar-refractivity contribution in [2.45, 2.75) is 59.2 Å². The predicted octanol–water partition coefficient (Wildman–Crippen LogP) is 0.758. The average Bonchev–Trinajstić information content (AvgIpc) is 3.14. The second-order valence-corrected chi connectivity index (χ2v) is 9.93. The average molecular weight is 485 g/mol. The summed E-state index contributed by atoms with van der Waals surface area (Å²) in [5, 5.41) is 5.50. The van der Waals surface area contributed by atoms with Crippen LogP contribution in [0.3, 0.4) is 0 Å². The molecule has 13 nitrogen and oxygen atoms in total. The highest BCUT2D eigenvalue weighted by atomic mass is 31.2. The second kappa shape index (κ2) is 12.0. The molecular formula is C19H32N7O6P. The number of anilines is 1. The summed E-state index contributed by atoms with van der Waals surface area (Å²) in [7, 11) is -3.51. The molecule has 5 N–H and O–H groups in total. The van der Waals surface area contributed by atoms with Gasteiger partial charge >= 0.3 is 5.97 Å². The van der Waals surface area contributed by atoms with Crippen LogP contribution in [0.15, 0.2) is 11.1 Å². The van der Waals surface area contributed by atoms with E-state index in [-0.39, 0.29) is 43.4 Å². The van der Waals surface area contributed by atoms with Crippen molar-refractivity contribution >= 4 is 36.3 Å². The number of ether oxygens (including phenoxy) is 2. The molecule has 0 radical (unpaired) electrons. The highest BCUT2D eigenvalue weighted by Gasteiger charge is 2.30. The monoisotopic (exact) mass is 485 g/mol. The van der Waals surface area contributed by atoms with Crippen LogP contribution < -0.4 is 21.5 Å². The van der Waals surface area contributed by atoms with Gasteiger partial charge in [-0.2, -0.15) is 4.98 Å². The van der Waals surface area contributed by atoms with Crippen molar-refractivity contribution in [2.75, 3.05) is 25.3 Å². The highest BCUT2D eigenvalue weighted by Crippen LogP contribution is 2.37. The minimum absolute atomic E-state index is 0.0360. The Kier molecular flexibility index (Phi) is 9.71. The van der Waals surface area contributed by atoms with E-state index in [0.29, 0.717) is 5.65 Å². The van der Waals surface area contributed by atoms with Gasteiger partial charge in [0.05, 0.1) is 25.6 Å². The third-order valence-corrected chi connectivity index (χ3v) is 6.91. The highest BCUT2D eigenvalue weighted by molar-refractivity contribution is 7.59. The molecule has 0 aliphatic carbocycles. The number of fused-ring (bicyclic) bond motifs is 1. The van der Waals surface area contributed by atoms with Gasteiger partial charge in [0.2, 0.25) is 13.4 Å². The number of carbonyl (C=O) groups excluding carboxylic acids is 2. The number of Topliss-reactive ketones (excluding diaryl/α,β-unsaturated/α-hetero) is 1. The SMILES string of the molecule is CCCCOC(=O)[C@H](C)NP(=O)(COCCn1cnc2c(=O)[nH]c(N)nc21)N[C@H](C)C(C)=O. The number of esters is 1. The molecule has 0 aliphatic rings. The maximum atomic E-state index is 13.4. The molecular weight excluding hydrogens is 453 g/mol. The van der Waals surface area contributed by atoms with Crippen molar-refractivity contribution < 1.29 is 23.6 Å². The van der Waals surface area contributed by atoms with Crippen LogP contribution in [0.2, 0.25) is 0 Å². The zero-order chi connectivity index (χ0) is 24.6. The first-order valence-corrected chi connectivity index (χ1v) is 12.6. The maximum Gasteiger partial charge on any atom is 0.323 e. The van der Waals surface area contributed by atoms with Gasteiger partial charge in [-0.15, -0.1) is 0 Å². The van der Waals surface area contributed by atoms with Crippen LogP contribution in [0.25, 0.3) is 11.2 Å². The van der Waals surface area contributed by atoms with Crippen molar-refractivity contribution in [2.24, 2.45) is 0 Å². The van der Waals surface area contributed by atoms with E-state index in [1.54, 1.807) is 11.5 Å². The minimum atomic E-state index is -3.51. The molecule has 0 fully saturated rings. The number of nitrogens with two attached hydrogens (primary N) is 1. The summed E-state index contributed by atoms with van der Waals surface area (Å²) in [5.41, 5.74) is 5.58. The van der Waals surface area contributed by atoms with E-state index in [1.807, 2.05) is 6.92 Å². The standard InChI is InChI=1S/C19H32N7O6P/c1-5-6-8-32-18(29)13(3)25-33(30,24-12(2)14(4)27)11-31-9-7-26-10-21-15-16(26)22-19(20)23-17(15)28/h10,12-13H,5-9,11H2,1-4H3,(H2,24,25,30)(H3,20,22,23,28)/t12-,13+,33?/m1/s1. The molecule has 3 atom stereocenters. The summed E-state index contributed by atoms with van der Waals surface area (Å²) < 4.78 is 25.8. The third-order valence-electron chi connectivity index (χ3n) is 4.75. The zero-order valence-corrected chi connectivity index (χ0v) is 20.2. The van der Waals surface area contributed by atoms with Crippen molar-refractivity contribution in [1.29, 1.82) is 0 Å². The van der Waals surface area contributed by atoms with Crippen LogP contribution in [0, 0.1) is 0 Å². The Morgan fingerprint density at radius 3 is 2.64 bits per heavy atom. The Labute approximate surface area is 191 Å². The van der Waals surface area contributed by atoms with Crippen LogP contribution in [0.4, 0.5) is 5.95 Å². The summed E-state index contributed by atoms with van der Waals surface area (Å²) >= 11 is 0. The van der Waals surface area contributed by atoms with E-state index in [0.717, 1.165) is 12.8 Å². The number of nitrogens with zero attached hydrogens (tertiary/aromatic N) is 3. The Hall–Kier alpha value is -2.60. The molecule has 2 heterocycles. The third kappa shape index (κ3) is 7.74. The molecule has 1 unspecified atom stereocenters. The molecule has 0 aliphatic heterocycles. The first kappa shape index (κ1) is 26.7. The Balaban J connectivity index is 2.01. The molecule has 2 rings (SSSR count). The summed E-state index contributed by atoms with van der Waals surface area (Å²) in [6.07, 6.45) is 2.74. The predicted molar refractivity (Wildman–Crippen MR) is 123 cm³/mol. The van der Waals surface area contributed by atoms with E-state index >= 15 is 0 Å². The van der Waals surface area contributed by atoms with E-state index in [1.165, 1.54) is 20.2 Å². The number of rotatable bonds is 14. The first-order chi connectivity index (χ1) is 15.6. The van der Waals surface area contributed by atoms with E-state index < -0.39 is 31.1 Å². The quantitative estimate of drug-likeness (QED) is 0.168. The van der Waals surface area contributed by atoms with E-state index in [9.17, 15) is 18.9 Å². The van der Waals surface area contributed by atoms with Gasteiger partial charge in [-0.1, -0.05) is 13.3 Å². The van der Waals surface area contributed by atoms with Crippen LogP contribution in [0.1, 0.15) is 40.5 Å². The number of nitrogen functional groups attached to an aromatic ring is 1. The number of aromatic amines is 1. The van der Waals surface area contributed by atoms with Gasteiger partial charge in [-0.05, 0) is 27.2 Å². The molecule has 33 heavy (non-hydrogen) atoms. The normalized spacial score (nSPS) is 15.2.